The maximum atomic E-state index is 13.1. The molecule has 1 heterocycles. The standard InChI is InChI=1S/C27H34N2O6/c1-20-16-27(19-30,29(32)33)25(28(20)26(31)35-17-21-8-4-2-5-9-21)18-34-24-14-12-23(13-15-24)22-10-6-3-7-11-22/h2-11,20,23-25,30H,12-19H2,1H3/t20-,23-,24+,25+,27-/m1/s1. The van der Waals surface area contributed by atoms with Crippen molar-refractivity contribution in [2.45, 2.75) is 75.3 Å². The van der Waals surface area contributed by atoms with Crippen LogP contribution in [0.1, 0.15) is 56.1 Å². The van der Waals surface area contributed by atoms with Crippen LogP contribution in [0.15, 0.2) is 60.7 Å². The summed E-state index contributed by atoms with van der Waals surface area (Å²) in [7, 11) is 0. The number of nitro groups is 1. The Bertz CT molecular complexity index is 980. The van der Waals surface area contributed by atoms with Crippen LogP contribution in [0.4, 0.5) is 4.79 Å². The van der Waals surface area contributed by atoms with Gasteiger partial charge in [0.1, 0.15) is 19.3 Å². The highest BCUT2D eigenvalue weighted by Gasteiger charge is 2.62. The molecular formula is C27H34N2O6. The minimum absolute atomic E-state index is 0.00696. The summed E-state index contributed by atoms with van der Waals surface area (Å²) in [5, 5.41) is 22.2. The molecule has 1 saturated carbocycles. The average molecular weight is 483 g/mol. The van der Waals surface area contributed by atoms with E-state index in [1.807, 2.05) is 36.4 Å². The molecule has 2 aromatic carbocycles. The van der Waals surface area contributed by atoms with E-state index in [4.69, 9.17) is 9.47 Å². The zero-order chi connectivity index (χ0) is 24.8. The molecule has 4 rings (SSSR count). The minimum Gasteiger partial charge on any atom is -0.445 e. The summed E-state index contributed by atoms with van der Waals surface area (Å²) in [6.07, 6.45) is 3.07. The highest BCUT2D eigenvalue weighted by Crippen LogP contribution is 2.38. The number of amides is 1. The molecule has 8 heteroatoms. The quantitative estimate of drug-likeness (QED) is 0.438. The zero-order valence-corrected chi connectivity index (χ0v) is 20.1. The normalized spacial score (nSPS) is 28.6. The molecule has 1 aliphatic carbocycles. The Morgan fingerprint density at radius 1 is 1.09 bits per heavy atom. The lowest BCUT2D eigenvalue weighted by Gasteiger charge is -2.34. The average Bonchev–Trinajstić information content (AvgIpc) is 3.20. The van der Waals surface area contributed by atoms with Gasteiger partial charge in [0.25, 0.3) is 5.54 Å². The number of aliphatic hydroxyl groups is 1. The van der Waals surface area contributed by atoms with Gasteiger partial charge in [-0.3, -0.25) is 15.0 Å². The van der Waals surface area contributed by atoms with Crippen LogP contribution in [0, 0.1) is 10.1 Å². The number of carbonyl (C=O) groups excluding carboxylic acids is 1. The predicted molar refractivity (Wildman–Crippen MR) is 131 cm³/mol. The van der Waals surface area contributed by atoms with E-state index >= 15 is 0 Å². The Labute approximate surface area is 206 Å². The first-order valence-electron chi connectivity index (χ1n) is 12.4. The summed E-state index contributed by atoms with van der Waals surface area (Å²) in [4.78, 5) is 26.1. The van der Waals surface area contributed by atoms with Crippen molar-refractivity contribution in [1.29, 1.82) is 0 Å². The van der Waals surface area contributed by atoms with Crippen LogP contribution in [0.2, 0.25) is 0 Å². The number of rotatable bonds is 8. The van der Waals surface area contributed by atoms with Crippen LogP contribution in [-0.2, 0) is 16.1 Å². The number of carbonyl (C=O) groups is 1. The van der Waals surface area contributed by atoms with Gasteiger partial charge in [0.2, 0.25) is 0 Å². The summed E-state index contributed by atoms with van der Waals surface area (Å²) < 4.78 is 11.7. The second-order valence-electron chi connectivity index (χ2n) is 9.75. The lowest BCUT2D eigenvalue weighted by atomic mass is 9.82. The van der Waals surface area contributed by atoms with Crippen molar-refractivity contribution in [2.75, 3.05) is 13.2 Å². The van der Waals surface area contributed by atoms with Crippen molar-refractivity contribution in [1.82, 2.24) is 4.90 Å². The Kier molecular flexibility index (Phi) is 8.03. The molecule has 2 aromatic rings. The van der Waals surface area contributed by atoms with Gasteiger partial charge >= 0.3 is 6.09 Å². The summed E-state index contributed by atoms with van der Waals surface area (Å²) >= 11 is 0. The maximum absolute atomic E-state index is 13.1. The molecule has 0 unspecified atom stereocenters. The van der Waals surface area contributed by atoms with Crippen molar-refractivity contribution >= 4 is 6.09 Å². The van der Waals surface area contributed by atoms with E-state index in [-0.39, 0.29) is 25.7 Å². The van der Waals surface area contributed by atoms with E-state index in [2.05, 4.69) is 24.3 Å². The fourth-order valence-electron chi connectivity index (χ4n) is 5.59. The monoisotopic (exact) mass is 482 g/mol. The van der Waals surface area contributed by atoms with E-state index in [9.17, 15) is 20.0 Å². The number of ether oxygens (including phenoxy) is 2. The van der Waals surface area contributed by atoms with Crippen molar-refractivity contribution < 1.29 is 24.3 Å². The SMILES string of the molecule is C[C@@H]1C[C@](CO)([N+](=O)[O-])[C@H](CO[C@H]2CC[C@@H](c3ccccc3)CC2)N1C(=O)OCc1ccccc1. The van der Waals surface area contributed by atoms with Crippen molar-refractivity contribution in [2.24, 2.45) is 0 Å². The van der Waals surface area contributed by atoms with Crippen molar-refractivity contribution in [3.8, 4) is 0 Å². The van der Waals surface area contributed by atoms with Crippen LogP contribution in [0.5, 0.6) is 0 Å². The molecule has 3 atom stereocenters. The van der Waals surface area contributed by atoms with Gasteiger partial charge in [0.05, 0.1) is 12.7 Å². The van der Waals surface area contributed by atoms with Crippen LogP contribution in [0.25, 0.3) is 0 Å². The minimum atomic E-state index is -1.67. The van der Waals surface area contributed by atoms with Gasteiger partial charge in [0, 0.05) is 17.4 Å². The van der Waals surface area contributed by atoms with Crippen LogP contribution in [0.3, 0.4) is 0 Å². The Morgan fingerprint density at radius 2 is 1.71 bits per heavy atom. The third-order valence-corrected chi connectivity index (χ3v) is 7.57. The van der Waals surface area contributed by atoms with E-state index < -0.39 is 35.2 Å². The largest absolute Gasteiger partial charge is 0.445 e. The molecule has 0 spiro atoms. The molecule has 35 heavy (non-hydrogen) atoms. The summed E-state index contributed by atoms with van der Waals surface area (Å²) in [5.41, 5.74) is 0.487. The second kappa shape index (κ2) is 11.2. The van der Waals surface area contributed by atoms with Crippen molar-refractivity contribution in [3.05, 3.63) is 81.9 Å². The molecule has 0 aromatic heterocycles. The molecule has 1 aliphatic heterocycles. The molecular weight excluding hydrogens is 448 g/mol. The van der Waals surface area contributed by atoms with E-state index in [0.29, 0.717) is 5.92 Å². The van der Waals surface area contributed by atoms with Gasteiger partial charge in [-0.25, -0.2) is 4.79 Å². The molecule has 1 N–H and O–H groups in total. The van der Waals surface area contributed by atoms with Gasteiger partial charge in [-0.15, -0.1) is 0 Å². The number of likely N-dealkylation sites (tertiary alicyclic amines) is 1. The van der Waals surface area contributed by atoms with Crippen LogP contribution < -0.4 is 0 Å². The predicted octanol–water partition coefficient (Wildman–Crippen LogP) is 4.54. The van der Waals surface area contributed by atoms with E-state index in [0.717, 1.165) is 31.2 Å². The Morgan fingerprint density at radius 3 is 2.31 bits per heavy atom. The first-order chi connectivity index (χ1) is 16.9. The highest BCUT2D eigenvalue weighted by atomic mass is 16.6. The highest BCUT2D eigenvalue weighted by molar-refractivity contribution is 5.69. The van der Waals surface area contributed by atoms with Gasteiger partial charge in [-0.2, -0.15) is 0 Å². The zero-order valence-electron chi connectivity index (χ0n) is 20.1. The summed E-state index contributed by atoms with van der Waals surface area (Å²) in [6, 6.07) is 18.3. The van der Waals surface area contributed by atoms with E-state index in [1.54, 1.807) is 6.92 Å². The fraction of sp³-hybridized carbons (Fsp3) is 0.519. The lowest BCUT2D eigenvalue weighted by molar-refractivity contribution is -0.577. The Hall–Kier alpha value is -2.97. The van der Waals surface area contributed by atoms with Gasteiger partial charge in [0.15, 0.2) is 0 Å². The molecule has 2 fully saturated rings. The van der Waals surface area contributed by atoms with Crippen LogP contribution >= 0.6 is 0 Å². The van der Waals surface area contributed by atoms with Crippen molar-refractivity contribution in [3.63, 3.8) is 0 Å². The Balaban J connectivity index is 1.41. The van der Waals surface area contributed by atoms with E-state index in [1.165, 1.54) is 10.5 Å². The molecule has 1 saturated heterocycles. The topological polar surface area (TPSA) is 102 Å². The molecule has 2 aliphatic rings. The summed E-state index contributed by atoms with van der Waals surface area (Å²) in [6.45, 7) is 1.15. The van der Waals surface area contributed by atoms with Gasteiger partial charge < -0.3 is 14.6 Å². The first-order valence-corrected chi connectivity index (χ1v) is 12.4. The van der Waals surface area contributed by atoms with Gasteiger partial charge in [-0.1, -0.05) is 60.7 Å². The number of hydrogen-bond donors (Lipinski definition) is 1. The number of nitrogens with zero attached hydrogens (tertiary/aromatic N) is 2. The molecule has 0 bridgehead atoms. The van der Waals surface area contributed by atoms with Gasteiger partial charge in [-0.05, 0) is 49.7 Å². The fourth-order valence-corrected chi connectivity index (χ4v) is 5.59. The first kappa shape index (κ1) is 25.1. The number of benzene rings is 2. The number of hydrogen-bond acceptors (Lipinski definition) is 6. The maximum Gasteiger partial charge on any atom is 0.410 e. The third-order valence-electron chi connectivity index (χ3n) is 7.57. The molecule has 188 valence electrons. The molecule has 1 amide bonds. The second-order valence-corrected chi connectivity index (χ2v) is 9.75. The lowest BCUT2D eigenvalue weighted by Crippen LogP contribution is -2.56. The number of aliphatic hydroxyl groups excluding tert-OH is 1. The molecule has 0 radical (unpaired) electrons. The molecule has 8 nitrogen and oxygen atoms in total. The summed E-state index contributed by atoms with van der Waals surface area (Å²) in [5.74, 6) is 0.488. The smallest absolute Gasteiger partial charge is 0.410 e. The third kappa shape index (κ3) is 5.49. The van der Waals surface area contributed by atoms with Crippen LogP contribution in [-0.4, -0.2) is 58.0 Å².